The molecule has 1 aliphatic carbocycles. The Morgan fingerprint density at radius 2 is 2.15 bits per heavy atom. The lowest BCUT2D eigenvalue weighted by molar-refractivity contribution is -0.141. The Morgan fingerprint density at radius 3 is 2.70 bits per heavy atom. The number of hydrogen-bond donors (Lipinski definition) is 2. The molecule has 112 valence electrons. The molecule has 0 atom stereocenters. The first-order valence-electron chi connectivity index (χ1n) is 6.58. The number of rotatable bonds is 5. The van der Waals surface area contributed by atoms with Crippen LogP contribution in [0.4, 0.5) is 18.0 Å². The second kappa shape index (κ2) is 5.72. The lowest BCUT2D eigenvalue weighted by Gasteiger charge is -2.08. The molecule has 1 aromatic rings. The van der Waals surface area contributed by atoms with Gasteiger partial charge in [-0.3, -0.25) is 4.68 Å². The third-order valence-corrected chi connectivity index (χ3v) is 3.04. The summed E-state index contributed by atoms with van der Waals surface area (Å²) in [5.74, 6) is 0.170. The number of aromatic nitrogens is 2. The molecule has 0 aromatic carbocycles. The van der Waals surface area contributed by atoms with Gasteiger partial charge in [-0.1, -0.05) is 0 Å². The van der Waals surface area contributed by atoms with Crippen LogP contribution in [0.15, 0.2) is 6.07 Å². The van der Waals surface area contributed by atoms with Crippen molar-refractivity contribution in [3.05, 3.63) is 17.5 Å². The van der Waals surface area contributed by atoms with Gasteiger partial charge in [0.05, 0.1) is 6.54 Å². The van der Waals surface area contributed by atoms with E-state index in [1.807, 2.05) is 0 Å². The van der Waals surface area contributed by atoms with E-state index in [2.05, 4.69) is 15.7 Å². The van der Waals surface area contributed by atoms with Gasteiger partial charge in [0.25, 0.3) is 0 Å². The lowest BCUT2D eigenvalue weighted by Crippen LogP contribution is -2.37. The zero-order valence-electron chi connectivity index (χ0n) is 11.1. The Hall–Kier alpha value is -1.73. The van der Waals surface area contributed by atoms with Crippen LogP contribution < -0.4 is 10.6 Å². The number of nitrogens with zero attached hydrogens (tertiary/aromatic N) is 2. The summed E-state index contributed by atoms with van der Waals surface area (Å²) in [5.41, 5.74) is -0.257. The molecule has 1 aromatic heterocycles. The fraction of sp³-hybridized carbons (Fsp3) is 0.667. The van der Waals surface area contributed by atoms with E-state index >= 15 is 0 Å². The molecule has 0 radical (unpaired) electrons. The van der Waals surface area contributed by atoms with Crippen molar-refractivity contribution in [2.75, 3.05) is 13.1 Å². The van der Waals surface area contributed by atoms with Crippen molar-refractivity contribution >= 4 is 6.03 Å². The van der Waals surface area contributed by atoms with E-state index in [9.17, 15) is 18.0 Å². The molecule has 5 nitrogen and oxygen atoms in total. The molecule has 0 spiro atoms. The van der Waals surface area contributed by atoms with E-state index < -0.39 is 11.9 Å². The molecule has 2 N–H and O–H groups in total. The molecule has 1 fully saturated rings. The minimum atomic E-state index is -4.43. The van der Waals surface area contributed by atoms with Crippen LogP contribution in [0, 0.1) is 0 Å². The standard InChI is InChI=1S/C12H17F3N4O/c1-2-16-11(20)17-5-6-19-9(8-3-4-8)7-10(18-19)12(13,14)15/h7-8H,2-6H2,1H3,(H2,16,17,20). The third kappa shape index (κ3) is 3.64. The quantitative estimate of drug-likeness (QED) is 0.872. The zero-order valence-corrected chi connectivity index (χ0v) is 11.1. The number of nitrogens with one attached hydrogen (secondary N) is 2. The topological polar surface area (TPSA) is 59.0 Å². The van der Waals surface area contributed by atoms with Crippen molar-refractivity contribution in [3.8, 4) is 0 Å². The summed E-state index contributed by atoms with van der Waals surface area (Å²) in [6.45, 7) is 2.76. The van der Waals surface area contributed by atoms with E-state index in [0.29, 0.717) is 12.2 Å². The third-order valence-electron chi connectivity index (χ3n) is 3.04. The minimum absolute atomic E-state index is 0.170. The van der Waals surface area contributed by atoms with Crippen LogP contribution in [0.2, 0.25) is 0 Å². The Bertz CT molecular complexity index is 480. The van der Waals surface area contributed by atoms with Crippen LogP contribution in [0.3, 0.4) is 0 Å². The van der Waals surface area contributed by atoms with Gasteiger partial charge in [0, 0.05) is 24.7 Å². The number of alkyl halides is 3. The molecule has 0 saturated heterocycles. The van der Waals surface area contributed by atoms with Crippen LogP contribution in [-0.4, -0.2) is 28.9 Å². The highest BCUT2D eigenvalue weighted by molar-refractivity contribution is 5.73. The van der Waals surface area contributed by atoms with E-state index in [1.165, 1.54) is 4.68 Å². The summed E-state index contributed by atoms with van der Waals surface area (Å²) in [4.78, 5) is 11.2. The highest BCUT2D eigenvalue weighted by Crippen LogP contribution is 2.41. The maximum atomic E-state index is 12.7. The first kappa shape index (κ1) is 14.7. The highest BCUT2D eigenvalue weighted by atomic mass is 19.4. The smallest absolute Gasteiger partial charge is 0.338 e. The van der Waals surface area contributed by atoms with Gasteiger partial charge in [-0.25, -0.2) is 4.79 Å². The van der Waals surface area contributed by atoms with Crippen molar-refractivity contribution in [1.82, 2.24) is 20.4 Å². The molecular formula is C12H17F3N4O. The zero-order chi connectivity index (χ0) is 14.8. The molecule has 0 bridgehead atoms. The van der Waals surface area contributed by atoms with Crippen molar-refractivity contribution in [2.24, 2.45) is 0 Å². The second-order valence-corrected chi connectivity index (χ2v) is 4.74. The van der Waals surface area contributed by atoms with Gasteiger partial charge in [0.1, 0.15) is 0 Å². The van der Waals surface area contributed by atoms with Gasteiger partial charge in [-0.2, -0.15) is 18.3 Å². The molecule has 0 unspecified atom stereocenters. The van der Waals surface area contributed by atoms with Gasteiger partial charge in [0.2, 0.25) is 0 Å². The summed E-state index contributed by atoms with van der Waals surface area (Å²) in [5, 5.41) is 8.73. The first-order chi connectivity index (χ1) is 9.41. The maximum absolute atomic E-state index is 12.7. The van der Waals surface area contributed by atoms with Crippen molar-refractivity contribution in [3.63, 3.8) is 0 Å². The summed E-state index contributed by atoms with van der Waals surface area (Å²) in [6, 6.07) is 0.785. The van der Waals surface area contributed by atoms with Crippen LogP contribution in [-0.2, 0) is 12.7 Å². The summed E-state index contributed by atoms with van der Waals surface area (Å²) in [6.07, 6.45) is -2.64. The number of halogens is 3. The molecule has 20 heavy (non-hydrogen) atoms. The van der Waals surface area contributed by atoms with Crippen LogP contribution in [0.1, 0.15) is 37.1 Å². The maximum Gasteiger partial charge on any atom is 0.435 e. The summed E-state index contributed by atoms with van der Waals surface area (Å²) < 4.78 is 39.3. The fourth-order valence-corrected chi connectivity index (χ4v) is 1.95. The van der Waals surface area contributed by atoms with Crippen LogP contribution >= 0.6 is 0 Å². The highest BCUT2D eigenvalue weighted by Gasteiger charge is 2.37. The fourth-order valence-electron chi connectivity index (χ4n) is 1.95. The van der Waals surface area contributed by atoms with Crippen LogP contribution in [0.5, 0.6) is 0 Å². The van der Waals surface area contributed by atoms with Gasteiger partial charge in [-0.15, -0.1) is 0 Å². The summed E-state index contributed by atoms with van der Waals surface area (Å²) in [7, 11) is 0. The van der Waals surface area contributed by atoms with Gasteiger partial charge in [0.15, 0.2) is 5.69 Å². The van der Waals surface area contributed by atoms with Crippen molar-refractivity contribution in [2.45, 2.75) is 38.4 Å². The lowest BCUT2D eigenvalue weighted by atomic mass is 10.2. The number of amides is 2. The first-order valence-corrected chi connectivity index (χ1v) is 6.58. The van der Waals surface area contributed by atoms with Crippen molar-refractivity contribution < 1.29 is 18.0 Å². The summed E-state index contributed by atoms with van der Waals surface area (Å²) >= 11 is 0. The largest absolute Gasteiger partial charge is 0.435 e. The Labute approximate surface area is 114 Å². The number of carbonyl (C=O) groups excluding carboxylic acids is 1. The molecule has 2 amide bonds. The van der Waals surface area contributed by atoms with Crippen LogP contribution in [0.25, 0.3) is 0 Å². The molecule has 1 aliphatic rings. The number of hydrogen-bond acceptors (Lipinski definition) is 2. The molecular weight excluding hydrogens is 273 g/mol. The van der Waals surface area contributed by atoms with E-state index in [-0.39, 0.29) is 25.0 Å². The predicted molar refractivity (Wildman–Crippen MR) is 66.3 cm³/mol. The Balaban J connectivity index is 1.99. The van der Waals surface area contributed by atoms with Gasteiger partial charge < -0.3 is 10.6 Å². The van der Waals surface area contributed by atoms with E-state index in [0.717, 1.165) is 18.9 Å². The Morgan fingerprint density at radius 1 is 1.45 bits per heavy atom. The molecule has 2 rings (SSSR count). The number of urea groups is 1. The second-order valence-electron chi connectivity index (χ2n) is 4.74. The number of carbonyl (C=O) groups is 1. The van der Waals surface area contributed by atoms with Gasteiger partial charge in [-0.05, 0) is 25.8 Å². The predicted octanol–water partition coefficient (Wildman–Crippen LogP) is 2.10. The molecule has 1 saturated carbocycles. The molecule has 0 aliphatic heterocycles. The Kier molecular flexibility index (Phi) is 4.20. The molecule has 8 heteroatoms. The van der Waals surface area contributed by atoms with E-state index in [4.69, 9.17) is 0 Å². The minimum Gasteiger partial charge on any atom is -0.338 e. The monoisotopic (exact) mass is 290 g/mol. The van der Waals surface area contributed by atoms with Gasteiger partial charge >= 0.3 is 12.2 Å². The average Bonchev–Trinajstić information content (AvgIpc) is 3.09. The molecule has 1 heterocycles. The average molecular weight is 290 g/mol. The SMILES string of the molecule is CCNC(=O)NCCn1nc(C(F)(F)F)cc1C1CC1. The van der Waals surface area contributed by atoms with Crippen molar-refractivity contribution in [1.29, 1.82) is 0 Å². The van der Waals surface area contributed by atoms with E-state index in [1.54, 1.807) is 6.92 Å². The normalized spacial score (nSPS) is 15.2.